The third-order valence-electron chi connectivity index (χ3n) is 9.60. The fraction of sp³-hybridized carbons (Fsp3) is 0.344. The van der Waals surface area contributed by atoms with Gasteiger partial charge in [0, 0.05) is 62.3 Å². The first-order chi connectivity index (χ1) is 20.7. The standard InChI is InChI=1S/C32H30F2N6O3/c1-35-22-10-21(33)27(34)25-26-29(39-8-7-17-12-38(2)14-24(17)39)20(11-36-30(26)37-28(22)25)16-5-6-23-18(15-3-4-15)9-19(32(42)43)31(41)40(23)13-16/h5-6,9-11,13,15,17,24,35H,3-4,7-8,12,14H2,1-2H3,(H,36,37)(H,42,43)/t17-,24+/m1/s1. The smallest absolute Gasteiger partial charge is 0.341 e. The number of rotatable bonds is 5. The number of aromatic amines is 1. The minimum absolute atomic E-state index is 0.126. The first-order valence-electron chi connectivity index (χ1n) is 14.6. The van der Waals surface area contributed by atoms with Crippen molar-refractivity contribution in [1.82, 2.24) is 19.3 Å². The molecule has 220 valence electrons. The van der Waals surface area contributed by atoms with E-state index in [-0.39, 0.29) is 22.9 Å². The highest BCUT2D eigenvalue weighted by molar-refractivity contribution is 6.18. The van der Waals surface area contributed by atoms with Gasteiger partial charge in [0.15, 0.2) is 11.6 Å². The second-order valence-corrected chi connectivity index (χ2v) is 12.2. The minimum atomic E-state index is -1.26. The molecule has 2 saturated heterocycles. The van der Waals surface area contributed by atoms with Crippen molar-refractivity contribution in [1.29, 1.82) is 0 Å². The highest BCUT2D eigenvalue weighted by Crippen LogP contribution is 2.47. The third-order valence-corrected chi connectivity index (χ3v) is 9.60. The molecular formula is C32H30F2N6O3. The molecule has 2 aliphatic heterocycles. The summed E-state index contributed by atoms with van der Waals surface area (Å²) in [5, 5.41) is 13.4. The van der Waals surface area contributed by atoms with E-state index in [9.17, 15) is 19.1 Å². The molecule has 6 heterocycles. The van der Waals surface area contributed by atoms with Crippen molar-refractivity contribution in [2.24, 2.45) is 5.92 Å². The Morgan fingerprint density at radius 3 is 2.70 bits per heavy atom. The summed E-state index contributed by atoms with van der Waals surface area (Å²) >= 11 is 0. The molecule has 1 aliphatic carbocycles. The molecule has 3 aliphatic rings. The summed E-state index contributed by atoms with van der Waals surface area (Å²) in [6, 6.07) is 6.59. The molecule has 0 amide bonds. The molecule has 9 nitrogen and oxygen atoms in total. The molecule has 43 heavy (non-hydrogen) atoms. The summed E-state index contributed by atoms with van der Waals surface area (Å²) < 4.78 is 32.1. The molecule has 3 fully saturated rings. The average Bonchev–Trinajstić information content (AvgIpc) is 3.50. The highest BCUT2D eigenvalue weighted by Gasteiger charge is 2.42. The summed E-state index contributed by atoms with van der Waals surface area (Å²) in [6.45, 7) is 2.53. The number of carboxylic acid groups (broad SMARTS) is 1. The number of anilines is 2. The molecule has 2 atom stereocenters. The molecule has 11 heteroatoms. The van der Waals surface area contributed by atoms with Crippen LogP contribution >= 0.6 is 0 Å². The Bertz CT molecular complexity index is 2070. The second kappa shape index (κ2) is 9.24. The average molecular weight is 585 g/mol. The van der Waals surface area contributed by atoms with Crippen LogP contribution < -0.4 is 15.8 Å². The Morgan fingerprint density at radius 2 is 1.95 bits per heavy atom. The number of benzene rings is 1. The van der Waals surface area contributed by atoms with Crippen molar-refractivity contribution < 1.29 is 18.7 Å². The molecule has 1 aromatic carbocycles. The van der Waals surface area contributed by atoms with Crippen LogP contribution in [0.25, 0.3) is 38.6 Å². The fourth-order valence-electron chi connectivity index (χ4n) is 7.46. The number of likely N-dealkylation sites (N-methyl/N-ethyl adjacent to an activating group) is 1. The molecular weight excluding hydrogens is 554 g/mol. The number of pyridine rings is 3. The number of H-pyrrole nitrogens is 1. The number of carboxylic acids is 1. The number of nitrogens with one attached hydrogen (secondary N) is 2. The molecule has 8 rings (SSSR count). The number of halogens is 2. The minimum Gasteiger partial charge on any atom is -0.477 e. The summed E-state index contributed by atoms with van der Waals surface area (Å²) in [5.74, 6) is -2.52. The molecule has 4 aromatic heterocycles. The summed E-state index contributed by atoms with van der Waals surface area (Å²) in [4.78, 5) is 37.9. The second-order valence-electron chi connectivity index (χ2n) is 12.2. The lowest BCUT2D eigenvalue weighted by molar-refractivity contribution is 0.0694. The number of hydrogen-bond acceptors (Lipinski definition) is 6. The van der Waals surface area contributed by atoms with Crippen molar-refractivity contribution in [3.63, 3.8) is 0 Å². The van der Waals surface area contributed by atoms with Crippen LogP contribution in [0.1, 0.15) is 41.1 Å². The SMILES string of the molecule is CNc1cc(F)c(F)c2c1[nH]c1ncc(-c3ccc4c(C5CC5)cc(C(=O)O)c(=O)n4c3)c(N3CC[C@@H]4CN(C)C[C@@H]43)c12. The van der Waals surface area contributed by atoms with Crippen LogP contribution in [0.2, 0.25) is 0 Å². The summed E-state index contributed by atoms with van der Waals surface area (Å²) in [5.41, 5.74) is 3.97. The Kier molecular flexibility index (Phi) is 5.62. The Balaban J connectivity index is 1.45. The first kappa shape index (κ1) is 26.1. The van der Waals surface area contributed by atoms with Crippen molar-refractivity contribution in [3.05, 3.63) is 69.8 Å². The first-order valence-corrected chi connectivity index (χ1v) is 14.6. The van der Waals surface area contributed by atoms with Gasteiger partial charge in [0.05, 0.1) is 33.2 Å². The van der Waals surface area contributed by atoms with E-state index in [1.807, 2.05) is 12.1 Å². The van der Waals surface area contributed by atoms with Gasteiger partial charge in [-0.3, -0.25) is 9.20 Å². The quantitative estimate of drug-likeness (QED) is 0.266. The van der Waals surface area contributed by atoms with Gasteiger partial charge in [0.1, 0.15) is 11.2 Å². The largest absolute Gasteiger partial charge is 0.477 e. The molecule has 5 aromatic rings. The lowest BCUT2D eigenvalue weighted by Crippen LogP contribution is -2.35. The van der Waals surface area contributed by atoms with Gasteiger partial charge < -0.3 is 25.2 Å². The normalized spacial score (nSPS) is 20.5. The molecule has 0 unspecified atom stereocenters. The zero-order chi connectivity index (χ0) is 29.7. The van der Waals surface area contributed by atoms with Gasteiger partial charge in [-0.25, -0.2) is 18.6 Å². The zero-order valence-electron chi connectivity index (χ0n) is 23.7. The number of aromatic nitrogens is 3. The van der Waals surface area contributed by atoms with E-state index in [2.05, 4.69) is 32.1 Å². The van der Waals surface area contributed by atoms with Crippen LogP contribution in [0.4, 0.5) is 20.2 Å². The van der Waals surface area contributed by atoms with E-state index in [1.54, 1.807) is 19.4 Å². The van der Waals surface area contributed by atoms with Crippen LogP contribution in [0, 0.1) is 17.6 Å². The predicted molar refractivity (Wildman–Crippen MR) is 161 cm³/mol. The van der Waals surface area contributed by atoms with E-state index in [4.69, 9.17) is 0 Å². The van der Waals surface area contributed by atoms with Crippen LogP contribution in [0.15, 0.2) is 41.5 Å². The van der Waals surface area contributed by atoms with Crippen molar-refractivity contribution in [3.8, 4) is 11.1 Å². The monoisotopic (exact) mass is 584 g/mol. The van der Waals surface area contributed by atoms with Gasteiger partial charge in [-0.05, 0) is 55.8 Å². The summed E-state index contributed by atoms with van der Waals surface area (Å²) in [6.07, 6.45) is 6.23. The zero-order valence-corrected chi connectivity index (χ0v) is 23.7. The van der Waals surface area contributed by atoms with E-state index in [0.717, 1.165) is 56.2 Å². The van der Waals surface area contributed by atoms with E-state index in [0.29, 0.717) is 44.8 Å². The molecule has 1 saturated carbocycles. The summed E-state index contributed by atoms with van der Waals surface area (Å²) in [7, 11) is 3.75. The lowest BCUT2D eigenvalue weighted by atomic mass is 9.99. The van der Waals surface area contributed by atoms with Crippen molar-refractivity contribution in [2.75, 3.05) is 43.9 Å². The number of hydrogen-bond donors (Lipinski definition) is 3. The van der Waals surface area contributed by atoms with Gasteiger partial charge in [-0.2, -0.15) is 0 Å². The maximum atomic E-state index is 15.7. The Labute approximate surface area is 244 Å². The number of nitrogens with zero attached hydrogens (tertiary/aromatic N) is 4. The van der Waals surface area contributed by atoms with E-state index < -0.39 is 23.2 Å². The third kappa shape index (κ3) is 3.80. The molecule has 3 N–H and O–H groups in total. The highest BCUT2D eigenvalue weighted by atomic mass is 19.2. The van der Waals surface area contributed by atoms with Crippen LogP contribution in [0.3, 0.4) is 0 Å². The van der Waals surface area contributed by atoms with E-state index >= 15 is 4.39 Å². The Morgan fingerprint density at radius 1 is 1.14 bits per heavy atom. The number of fused-ring (bicyclic) bond motifs is 5. The van der Waals surface area contributed by atoms with Gasteiger partial charge in [-0.1, -0.05) is 6.07 Å². The number of likely N-dealkylation sites (tertiary alicyclic amines) is 1. The van der Waals surface area contributed by atoms with Gasteiger partial charge in [-0.15, -0.1) is 0 Å². The van der Waals surface area contributed by atoms with Gasteiger partial charge >= 0.3 is 5.97 Å². The van der Waals surface area contributed by atoms with Crippen molar-refractivity contribution in [2.45, 2.75) is 31.2 Å². The lowest BCUT2D eigenvalue weighted by Gasteiger charge is -2.29. The van der Waals surface area contributed by atoms with Crippen LogP contribution in [0.5, 0.6) is 0 Å². The Hall–Kier alpha value is -4.51. The fourth-order valence-corrected chi connectivity index (χ4v) is 7.46. The maximum Gasteiger partial charge on any atom is 0.341 e. The number of aromatic carboxylic acids is 1. The van der Waals surface area contributed by atoms with Gasteiger partial charge in [0.2, 0.25) is 0 Å². The molecule has 0 spiro atoms. The van der Waals surface area contributed by atoms with Crippen LogP contribution in [-0.2, 0) is 0 Å². The van der Waals surface area contributed by atoms with Crippen LogP contribution in [-0.4, -0.2) is 70.1 Å². The van der Waals surface area contributed by atoms with Gasteiger partial charge in [0.25, 0.3) is 5.56 Å². The topological polar surface area (TPSA) is 106 Å². The molecule has 0 radical (unpaired) electrons. The predicted octanol–water partition coefficient (Wildman–Crippen LogP) is 5.03. The van der Waals surface area contributed by atoms with E-state index in [1.165, 1.54) is 10.5 Å². The van der Waals surface area contributed by atoms with Crippen molar-refractivity contribution >= 4 is 44.8 Å². The maximum absolute atomic E-state index is 15.7. The molecule has 0 bridgehead atoms. The number of carbonyl (C=O) groups is 1.